The first-order valence-corrected chi connectivity index (χ1v) is 26.1. The number of rotatable bonds is 38. The van der Waals surface area contributed by atoms with Crippen LogP contribution in [0.4, 0.5) is 0 Å². The molecule has 0 aliphatic heterocycles. The van der Waals surface area contributed by atoms with E-state index in [4.69, 9.17) is 14.6 Å². The molecule has 0 aromatic rings. The van der Waals surface area contributed by atoms with E-state index in [1.165, 1.54) is 238 Å². The van der Waals surface area contributed by atoms with Crippen LogP contribution in [0.3, 0.4) is 0 Å². The summed E-state index contributed by atoms with van der Waals surface area (Å²) in [6.07, 6.45) is 51.7. The van der Waals surface area contributed by atoms with Gasteiger partial charge in [-0.25, -0.2) is 0 Å². The Balaban J connectivity index is -0.000000166. The first-order chi connectivity index (χ1) is 27.9. The number of carboxylic acid groups (broad SMARTS) is 1. The molecule has 0 rings (SSSR count). The van der Waals surface area contributed by atoms with Crippen molar-refractivity contribution in [3.8, 4) is 0 Å². The van der Waals surface area contributed by atoms with Crippen LogP contribution < -0.4 is 0 Å². The third kappa shape index (κ3) is 83.5. The van der Waals surface area contributed by atoms with E-state index in [0.717, 1.165) is 5.92 Å². The van der Waals surface area contributed by atoms with Crippen molar-refractivity contribution in [2.75, 3.05) is 6.61 Å². The zero-order chi connectivity index (χ0) is 44.1. The molecule has 0 aliphatic rings. The normalized spacial score (nSPS) is 11.0. The van der Waals surface area contributed by atoms with Crippen LogP contribution in [0.5, 0.6) is 0 Å². The molecule has 350 valence electrons. The lowest BCUT2D eigenvalue weighted by Gasteiger charge is -2.17. The number of hydrogen-bond acceptors (Lipinski definition) is 3. The largest absolute Gasteiger partial charge is 0.483 e. The quantitative estimate of drug-likeness (QED) is 0.0498. The Morgan fingerprint density at radius 3 is 0.754 bits per heavy atom. The standard InChI is InChI=1S/C22H46.C17H34O2.C7H16.C4H10.C2H6.CH2O2/c1-4-7-10-13-15-18-21-22(19-16-12-9-6-3)20-17-14-11-8-5-2;1-3-5-7-9-10-12-14-17(15-19-16-18)13-11-8-6-4-2;1-3-5-7-6-4-2;1-3-4-2;1-2;2-1-3/h22H,4-21H2,1-3H3;16-17H,3-15H2,1-2H3;3-7H2,1-2H3;3-4H2,1-2H3;1-2H3;1H,(H,2,3). The Morgan fingerprint density at radius 2 is 0.526 bits per heavy atom. The van der Waals surface area contributed by atoms with Crippen LogP contribution in [0.25, 0.3) is 0 Å². The molecule has 0 amide bonds. The summed E-state index contributed by atoms with van der Waals surface area (Å²) in [5.41, 5.74) is 0. The predicted molar refractivity (Wildman–Crippen MR) is 261 cm³/mol. The van der Waals surface area contributed by atoms with Gasteiger partial charge in [0, 0.05) is 0 Å². The van der Waals surface area contributed by atoms with Crippen LogP contribution >= 0.6 is 0 Å². The molecule has 57 heavy (non-hydrogen) atoms. The van der Waals surface area contributed by atoms with Gasteiger partial charge in [-0.1, -0.05) is 301 Å². The molecule has 0 aliphatic carbocycles. The number of hydrogen-bond donors (Lipinski definition) is 1. The minimum Gasteiger partial charge on any atom is -0.483 e. The van der Waals surface area contributed by atoms with E-state index in [-0.39, 0.29) is 6.47 Å². The number of carbonyl (C=O) groups excluding carboxylic acids is 1. The highest BCUT2D eigenvalue weighted by Gasteiger charge is 2.10. The average molecular weight is 815 g/mol. The van der Waals surface area contributed by atoms with Crippen molar-refractivity contribution >= 4 is 12.9 Å². The fourth-order valence-corrected chi connectivity index (χ4v) is 6.78. The number of unbranched alkanes of at least 4 members (excludes halogenated alkanes) is 25. The fourth-order valence-electron chi connectivity index (χ4n) is 6.78. The maximum Gasteiger partial charge on any atom is 0.293 e. The predicted octanol–water partition coefficient (Wildman–Crippen LogP) is 19.7. The first kappa shape index (κ1) is 67.7. The average Bonchev–Trinajstić information content (AvgIpc) is 3.23. The zero-order valence-corrected chi connectivity index (χ0v) is 41.9. The molecule has 2 atom stereocenters. The monoisotopic (exact) mass is 815 g/mol. The van der Waals surface area contributed by atoms with Crippen LogP contribution in [0, 0.1) is 11.8 Å². The van der Waals surface area contributed by atoms with Crippen LogP contribution in [-0.2, 0) is 14.3 Å². The van der Waals surface area contributed by atoms with Gasteiger partial charge in [0.2, 0.25) is 0 Å². The lowest BCUT2D eigenvalue weighted by atomic mass is 9.89. The van der Waals surface area contributed by atoms with E-state index < -0.39 is 0 Å². The molecule has 0 heterocycles. The van der Waals surface area contributed by atoms with E-state index in [1.807, 2.05) is 13.8 Å². The summed E-state index contributed by atoms with van der Waals surface area (Å²) in [5, 5.41) is 6.89. The summed E-state index contributed by atoms with van der Waals surface area (Å²) in [6, 6.07) is 0. The molecule has 4 heteroatoms. The van der Waals surface area contributed by atoms with Gasteiger partial charge in [-0.15, -0.1) is 0 Å². The summed E-state index contributed by atoms with van der Waals surface area (Å²) < 4.78 is 4.97. The summed E-state index contributed by atoms with van der Waals surface area (Å²) in [6.45, 7) is 25.3. The minimum atomic E-state index is -0.250. The molecule has 0 spiro atoms. The molecule has 0 aromatic carbocycles. The summed E-state index contributed by atoms with van der Waals surface area (Å²) in [7, 11) is 0. The van der Waals surface area contributed by atoms with Crippen molar-refractivity contribution in [2.45, 2.75) is 314 Å². The maximum absolute atomic E-state index is 10.3. The van der Waals surface area contributed by atoms with E-state index in [0.29, 0.717) is 19.0 Å². The smallest absolute Gasteiger partial charge is 0.293 e. The third-order valence-corrected chi connectivity index (χ3v) is 10.7. The molecule has 0 aromatic heterocycles. The number of carbonyl (C=O) groups is 2. The van der Waals surface area contributed by atoms with Crippen LogP contribution in [0.2, 0.25) is 0 Å². The second-order valence-electron chi connectivity index (χ2n) is 16.3. The van der Waals surface area contributed by atoms with Crippen molar-refractivity contribution < 1.29 is 19.4 Å². The summed E-state index contributed by atoms with van der Waals surface area (Å²) >= 11 is 0. The Kier molecular flexibility index (Phi) is 90.0. The highest BCUT2D eigenvalue weighted by molar-refractivity contribution is 5.36. The Labute approximate surface area is 363 Å². The highest BCUT2D eigenvalue weighted by Crippen LogP contribution is 2.24. The van der Waals surface area contributed by atoms with Crippen molar-refractivity contribution in [1.82, 2.24) is 0 Å². The lowest BCUT2D eigenvalue weighted by molar-refractivity contribution is -0.130. The van der Waals surface area contributed by atoms with E-state index >= 15 is 0 Å². The molecule has 2 unspecified atom stereocenters. The maximum atomic E-state index is 10.3. The van der Waals surface area contributed by atoms with Gasteiger partial charge in [-0.2, -0.15) is 0 Å². The molecular formula is C53H114O4. The van der Waals surface area contributed by atoms with Crippen LogP contribution in [0.1, 0.15) is 314 Å². The molecule has 1 N–H and O–H groups in total. The molecule has 4 nitrogen and oxygen atoms in total. The first-order valence-electron chi connectivity index (χ1n) is 26.1. The van der Waals surface area contributed by atoms with Gasteiger partial charge >= 0.3 is 0 Å². The molecule has 0 radical (unpaired) electrons. The number of ether oxygens (including phenoxy) is 1. The Morgan fingerprint density at radius 1 is 0.333 bits per heavy atom. The van der Waals surface area contributed by atoms with Gasteiger partial charge in [-0.3, -0.25) is 9.59 Å². The van der Waals surface area contributed by atoms with Gasteiger partial charge in [0.1, 0.15) is 0 Å². The summed E-state index contributed by atoms with van der Waals surface area (Å²) in [5.74, 6) is 1.64. The SMILES string of the molecule is CC.CCCC.CCCCCCC.CCCCCCCCC(CCCCCC)CCCCCCC.CCCCCCCCC(CCCCCC)COC=O.O=CO. The third-order valence-electron chi connectivity index (χ3n) is 10.7. The van der Waals surface area contributed by atoms with E-state index in [9.17, 15) is 4.79 Å². The molecule has 0 fully saturated rings. The van der Waals surface area contributed by atoms with Crippen molar-refractivity contribution in [1.29, 1.82) is 0 Å². The van der Waals surface area contributed by atoms with Gasteiger partial charge < -0.3 is 9.84 Å². The van der Waals surface area contributed by atoms with E-state index in [1.54, 1.807) is 0 Å². The topological polar surface area (TPSA) is 63.6 Å². The second-order valence-corrected chi connectivity index (χ2v) is 16.3. The molecule has 0 saturated heterocycles. The minimum absolute atomic E-state index is 0.250. The fraction of sp³-hybridized carbons (Fsp3) is 0.962. The van der Waals surface area contributed by atoms with Gasteiger partial charge in [-0.05, 0) is 24.7 Å². The van der Waals surface area contributed by atoms with Gasteiger partial charge in [0.05, 0.1) is 6.61 Å². The van der Waals surface area contributed by atoms with Gasteiger partial charge in [0.25, 0.3) is 12.9 Å². The van der Waals surface area contributed by atoms with Crippen molar-refractivity contribution in [3.05, 3.63) is 0 Å². The van der Waals surface area contributed by atoms with Crippen LogP contribution in [-0.4, -0.2) is 24.7 Å². The van der Waals surface area contributed by atoms with Crippen molar-refractivity contribution in [2.24, 2.45) is 11.8 Å². The van der Waals surface area contributed by atoms with Gasteiger partial charge in [0.15, 0.2) is 0 Å². The highest BCUT2D eigenvalue weighted by atomic mass is 16.5. The second kappa shape index (κ2) is 75.7. The lowest BCUT2D eigenvalue weighted by Crippen LogP contribution is -2.09. The van der Waals surface area contributed by atoms with Crippen molar-refractivity contribution in [3.63, 3.8) is 0 Å². The molecular weight excluding hydrogens is 701 g/mol. The Bertz CT molecular complexity index is 589. The zero-order valence-electron chi connectivity index (χ0n) is 41.9. The van der Waals surface area contributed by atoms with Crippen LogP contribution in [0.15, 0.2) is 0 Å². The molecule has 0 bridgehead atoms. The summed E-state index contributed by atoms with van der Waals surface area (Å²) in [4.78, 5) is 18.7. The van der Waals surface area contributed by atoms with E-state index in [2.05, 4.69) is 62.3 Å². The Hall–Kier alpha value is -1.06. The molecule has 0 saturated carbocycles.